The molecule has 2 aromatic rings. The minimum atomic E-state index is -3.79. The SMILES string of the molecule is CC[C@@H](C(=O)NC1CCCC1)N(Cc1ccc(C)cc1)C(=O)CN(c1ccc(Cl)cc1C)S(C)(=O)=O. The van der Waals surface area contributed by atoms with Crippen LogP contribution in [0.3, 0.4) is 0 Å². The first kappa shape index (κ1) is 28.0. The first-order chi connectivity index (χ1) is 17.0. The van der Waals surface area contributed by atoms with Crippen molar-refractivity contribution in [3.63, 3.8) is 0 Å². The summed E-state index contributed by atoms with van der Waals surface area (Å²) in [5.41, 5.74) is 2.98. The molecule has 7 nitrogen and oxygen atoms in total. The minimum Gasteiger partial charge on any atom is -0.352 e. The molecule has 0 bridgehead atoms. The van der Waals surface area contributed by atoms with E-state index in [1.807, 2.05) is 38.1 Å². The Morgan fingerprint density at radius 3 is 2.28 bits per heavy atom. The van der Waals surface area contributed by atoms with Crippen molar-refractivity contribution < 1.29 is 18.0 Å². The van der Waals surface area contributed by atoms with Crippen LogP contribution < -0.4 is 9.62 Å². The average molecular weight is 534 g/mol. The molecule has 36 heavy (non-hydrogen) atoms. The summed E-state index contributed by atoms with van der Waals surface area (Å²) in [5, 5.41) is 3.59. The van der Waals surface area contributed by atoms with Crippen molar-refractivity contribution in [2.45, 2.75) is 71.5 Å². The quantitative estimate of drug-likeness (QED) is 0.484. The molecule has 1 saturated carbocycles. The van der Waals surface area contributed by atoms with Gasteiger partial charge in [-0.25, -0.2) is 8.42 Å². The summed E-state index contributed by atoms with van der Waals surface area (Å²) in [7, 11) is -3.79. The number of hydrogen-bond donors (Lipinski definition) is 1. The number of carbonyl (C=O) groups is 2. The molecule has 0 spiro atoms. The second-order valence-corrected chi connectivity index (χ2v) is 12.0. The van der Waals surface area contributed by atoms with Gasteiger partial charge in [-0.2, -0.15) is 0 Å². The van der Waals surface area contributed by atoms with Gasteiger partial charge in [0.25, 0.3) is 0 Å². The second kappa shape index (κ2) is 12.1. The highest BCUT2D eigenvalue weighted by Crippen LogP contribution is 2.26. The Bertz CT molecular complexity index is 1180. The van der Waals surface area contributed by atoms with Gasteiger partial charge in [-0.05, 0) is 62.4 Å². The van der Waals surface area contributed by atoms with Gasteiger partial charge in [0.1, 0.15) is 12.6 Å². The monoisotopic (exact) mass is 533 g/mol. The lowest BCUT2D eigenvalue weighted by atomic mass is 10.1. The average Bonchev–Trinajstić information content (AvgIpc) is 3.31. The van der Waals surface area contributed by atoms with E-state index < -0.39 is 28.5 Å². The van der Waals surface area contributed by atoms with Crippen molar-refractivity contribution in [1.82, 2.24) is 10.2 Å². The maximum absolute atomic E-state index is 13.8. The summed E-state index contributed by atoms with van der Waals surface area (Å²) in [6, 6.07) is 12.0. The van der Waals surface area contributed by atoms with E-state index in [2.05, 4.69) is 5.32 Å². The summed E-state index contributed by atoms with van der Waals surface area (Å²) in [5.74, 6) is -0.637. The molecule has 9 heteroatoms. The van der Waals surface area contributed by atoms with Crippen LogP contribution in [-0.4, -0.2) is 50.0 Å². The molecule has 0 unspecified atom stereocenters. The molecule has 0 aliphatic heterocycles. The molecular formula is C27H36ClN3O4S. The van der Waals surface area contributed by atoms with E-state index in [0.29, 0.717) is 22.7 Å². The lowest BCUT2D eigenvalue weighted by Gasteiger charge is -2.33. The van der Waals surface area contributed by atoms with Gasteiger partial charge in [0.2, 0.25) is 21.8 Å². The van der Waals surface area contributed by atoms with Gasteiger partial charge in [-0.3, -0.25) is 13.9 Å². The molecule has 0 heterocycles. The van der Waals surface area contributed by atoms with Gasteiger partial charge in [-0.15, -0.1) is 0 Å². The van der Waals surface area contributed by atoms with Gasteiger partial charge >= 0.3 is 0 Å². The molecular weight excluding hydrogens is 498 g/mol. The Morgan fingerprint density at radius 1 is 1.08 bits per heavy atom. The first-order valence-corrected chi connectivity index (χ1v) is 14.6. The van der Waals surface area contributed by atoms with Gasteiger partial charge in [0.15, 0.2) is 0 Å². The number of benzene rings is 2. The van der Waals surface area contributed by atoms with Crippen LogP contribution in [0.15, 0.2) is 42.5 Å². The topological polar surface area (TPSA) is 86.8 Å². The van der Waals surface area contributed by atoms with Crippen molar-refractivity contribution in [3.05, 3.63) is 64.2 Å². The third-order valence-electron chi connectivity index (χ3n) is 6.67. The van der Waals surface area contributed by atoms with E-state index in [-0.39, 0.29) is 18.5 Å². The molecule has 0 saturated heterocycles. The largest absolute Gasteiger partial charge is 0.352 e. The fourth-order valence-corrected chi connectivity index (χ4v) is 5.80. The van der Waals surface area contributed by atoms with Crippen LogP contribution in [0.1, 0.15) is 55.7 Å². The summed E-state index contributed by atoms with van der Waals surface area (Å²) in [4.78, 5) is 28.6. The molecule has 1 aliphatic rings. The van der Waals surface area contributed by atoms with Gasteiger partial charge < -0.3 is 10.2 Å². The third-order valence-corrected chi connectivity index (χ3v) is 8.03. The Hall–Kier alpha value is -2.58. The number of carbonyl (C=O) groups excluding carboxylic acids is 2. The van der Waals surface area contributed by atoms with Crippen LogP contribution in [0.5, 0.6) is 0 Å². The summed E-state index contributed by atoms with van der Waals surface area (Å²) >= 11 is 6.07. The number of amides is 2. The van der Waals surface area contributed by atoms with Crippen molar-refractivity contribution in [3.8, 4) is 0 Å². The van der Waals surface area contributed by atoms with E-state index in [4.69, 9.17) is 11.6 Å². The summed E-state index contributed by atoms with van der Waals surface area (Å²) < 4.78 is 26.6. The van der Waals surface area contributed by atoms with E-state index in [0.717, 1.165) is 47.4 Å². The van der Waals surface area contributed by atoms with Gasteiger partial charge in [0, 0.05) is 17.6 Å². The number of aryl methyl sites for hydroxylation is 2. The van der Waals surface area contributed by atoms with Crippen molar-refractivity contribution in [2.24, 2.45) is 0 Å². The first-order valence-electron chi connectivity index (χ1n) is 12.4. The van der Waals surface area contributed by atoms with Gasteiger partial charge in [0.05, 0.1) is 11.9 Å². The van der Waals surface area contributed by atoms with E-state index in [1.165, 1.54) is 4.90 Å². The van der Waals surface area contributed by atoms with Crippen LogP contribution in [0, 0.1) is 13.8 Å². The standard InChI is InChI=1S/C27H36ClN3O4S/c1-5-24(27(33)29-23-8-6-7-9-23)30(17-21-12-10-19(2)11-13-21)26(32)18-31(36(4,34)35)25-15-14-22(28)16-20(25)3/h10-16,23-24H,5-9,17-18H2,1-4H3,(H,29,33)/t24-/m0/s1. The van der Waals surface area contributed by atoms with E-state index in [9.17, 15) is 18.0 Å². The molecule has 196 valence electrons. The maximum Gasteiger partial charge on any atom is 0.244 e. The number of halogens is 1. The molecule has 0 radical (unpaired) electrons. The zero-order valence-electron chi connectivity index (χ0n) is 21.5. The van der Waals surface area contributed by atoms with Crippen LogP contribution in [-0.2, 0) is 26.2 Å². The number of nitrogens with one attached hydrogen (secondary N) is 1. The summed E-state index contributed by atoms with van der Waals surface area (Å²) in [6.45, 7) is 5.38. The zero-order valence-corrected chi connectivity index (χ0v) is 23.0. The Kier molecular flexibility index (Phi) is 9.41. The van der Waals surface area contributed by atoms with Crippen molar-refractivity contribution in [1.29, 1.82) is 0 Å². The molecule has 3 rings (SSSR count). The number of hydrogen-bond acceptors (Lipinski definition) is 4. The molecule has 2 amide bonds. The molecule has 2 aromatic carbocycles. The lowest BCUT2D eigenvalue weighted by molar-refractivity contribution is -0.140. The number of sulfonamides is 1. The molecule has 1 aliphatic carbocycles. The highest BCUT2D eigenvalue weighted by Gasteiger charge is 2.33. The molecule has 1 atom stereocenters. The second-order valence-electron chi connectivity index (χ2n) is 9.62. The van der Waals surface area contributed by atoms with Crippen molar-refractivity contribution >= 4 is 39.1 Å². The van der Waals surface area contributed by atoms with Crippen LogP contribution >= 0.6 is 11.6 Å². The number of rotatable bonds is 10. The third kappa shape index (κ3) is 7.23. The number of anilines is 1. The Balaban J connectivity index is 1.93. The van der Waals surface area contributed by atoms with E-state index >= 15 is 0 Å². The predicted molar refractivity (Wildman–Crippen MR) is 145 cm³/mol. The normalized spacial score (nSPS) is 14.9. The highest BCUT2D eigenvalue weighted by molar-refractivity contribution is 7.92. The predicted octanol–water partition coefficient (Wildman–Crippen LogP) is 4.59. The Labute approximate surface area is 219 Å². The van der Waals surface area contributed by atoms with Crippen molar-refractivity contribution in [2.75, 3.05) is 17.1 Å². The van der Waals surface area contributed by atoms with Crippen LogP contribution in [0.2, 0.25) is 5.02 Å². The fraction of sp³-hybridized carbons (Fsp3) is 0.481. The summed E-state index contributed by atoms with van der Waals surface area (Å²) in [6.07, 6.45) is 5.52. The smallest absolute Gasteiger partial charge is 0.244 e. The molecule has 1 fully saturated rings. The molecule has 0 aromatic heterocycles. The maximum atomic E-state index is 13.8. The zero-order chi connectivity index (χ0) is 26.5. The lowest BCUT2D eigenvalue weighted by Crippen LogP contribution is -2.53. The molecule has 1 N–H and O–H groups in total. The highest BCUT2D eigenvalue weighted by atomic mass is 35.5. The number of nitrogens with zero attached hydrogens (tertiary/aromatic N) is 2. The van der Waals surface area contributed by atoms with Crippen LogP contribution in [0.25, 0.3) is 0 Å². The fourth-order valence-electron chi connectivity index (χ4n) is 4.67. The van der Waals surface area contributed by atoms with Gasteiger partial charge in [-0.1, -0.05) is 61.2 Å². The minimum absolute atomic E-state index is 0.118. The van der Waals surface area contributed by atoms with Crippen LogP contribution in [0.4, 0.5) is 5.69 Å². The van der Waals surface area contributed by atoms with E-state index in [1.54, 1.807) is 25.1 Å². The Morgan fingerprint density at radius 2 is 1.72 bits per heavy atom.